The van der Waals surface area contributed by atoms with Crippen molar-refractivity contribution in [1.29, 1.82) is 0 Å². The van der Waals surface area contributed by atoms with Crippen LogP contribution in [0.2, 0.25) is 0 Å². The van der Waals surface area contributed by atoms with E-state index in [-0.39, 0.29) is 11.8 Å². The molecule has 27 heavy (non-hydrogen) atoms. The fourth-order valence-corrected chi connectivity index (χ4v) is 4.27. The minimum absolute atomic E-state index is 0.0576. The maximum atomic E-state index is 12.8. The molecule has 4 rings (SSSR count). The molecule has 0 radical (unpaired) electrons. The number of hydrogen-bond acceptors (Lipinski definition) is 5. The smallest absolute Gasteiger partial charge is 0.225 e. The summed E-state index contributed by atoms with van der Waals surface area (Å²) in [6.45, 7) is 5.64. The van der Waals surface area contributed by atoms with Crippen molar-refractivity contribution in [3.8, 4) is 0 Å². The van der Waals surface area contributed by atoms with Crippen molar-refractivity contribution in [1.82, 2.24) is 20.3 Å². The van der Waals surface area contributed by atoms with Crippen LogP contribution in [0.4, 0.5) is 5.69 Å². The number of rotatable bonds is 3. The monoisotopic (exact) mass is 367 g/mol. The number of fused-ring (bicyclic) bond motifs is 1. The highest BCUT2D eigenvalue weighted by Crippen LogP contribution is 2.26. The summed E-state index contributed by atoms with van der Waals surface area (Å²) in [7, 11) is 0. The summed E-state index contributed by atoms with van der Waals surface area (Å²) in [5, 5.41) is 3.30. The van der Waals surface area contributed by atoms with Crippen molar-refractivity contribution in [2.45, 2.75) is 64.8 Å². The summed E-state index contributed by atoms with van der Waals surface area (Å²) in [6, 6.07) is 2.44. The van der Waals surface area contributed by atoms with Gasteiger partial charge in [-0.3, -0.25) is 4.79 Å². The SMILES string of the molecule is Cc1nc2cc(N3CCC[C@@H](C(=O)NC4CCCCC4)C3)cnc2nc1C. The molecule has 6 nitrogen and oxygen atoms in total. The van der Waals surface area contributed by atoms with Crippen LogP contribution in [0.5, 0.6) is 0 Å². The molecule has 1 amide bonds. The van der Waals surface area contributed by atoms with Crippen LogP contribution in [0.3, 0.4) is 0 Å². The van der Waals surface area contributed by atoms with Gasteiger partial charge < -0.3 is 10.2 Å². The first-order chi connectivity index (χ1) is 13.1. The van der Waals surface area contributed by atoms with E-state index in [9.17, 15) is 4.79 Å². The van der Waals surface area contributed by atoms with Gasteiger partial charge in [0.2, 0.25) is 5.91 Å². The summed E-state index contributed by atoms with van der Waals surface area (Å²) in [6.07, 6.45) is 9.92. The molecule has 2 aromatic heterocycles. The maximum absolute atomic E-state index is 12.8. The number of aromatic nitrogens is 3. The molecule has 3 heterocycles. The molecule has 1 saturated heterocycles. The predicted octanol–water partition coefficient (Wildman–Crippen LogP) is 3.31. The van der Waals surface area contributed by atoms with E-state index >= 15 is 0 Å². The van der Waals surface area contributed by atoms with Gasteiger partial charge in [0.05, 0.1) is 29.2 Å². The van der Waals surface area contributed by atoms with Crippen molar-refractivity contribution in [3.05, 3.63) is 23.7 Å². The third kappa shape index (κ3) is 4.04. The number of anilines is 1. The van der Waals surface area contributed by atoms with E-state index in [1.165, 1.54) is 19.3 Å². The van der Waals surface area contributed by atoms with E-state index in [0.717, 1.165) is 61.4 Å². The average molecular weight is 367 g/mol. The van der Waals surface area contributed by atoms with Gasteiger partial charge in [-0.2, -0.15) is 0 Å². The Hall–Kier alpha value is -2.24. The second-order valence-electron chi connectivity index (χ2n) is 8.06. The largest absolute Gasteiger partial charge is 0.369 e. The molecule has 144 valence electrons. The Bertz CT molecular complexity index is 831. The van der Waals surface area contributed by atoms with Crippen molar-refractivity contribution < 1.29 is 4.79 Å². The average Bonchev–Trinajstić information content (AvgIpc) is 2.69. The van der Waals surface area contributed by atoms with Crippen LogP contribution in [0.25, 0.3) is 11.2 Å². The van der Waals surface area contributed by atoms with Crippen LogP contribution in [-0.2, 0) is 4.79 Å². The second kappa shape index (κ2) is 7.79. The number of amides is 1. The third-order valence-electron chi connectivity index (χ3n) is 6.03. The number of pyridine rings is 1. The molecule has 2 fully saturated rings. The summed E-state index contributed by atoms with van der Waals surface area (Å²) in [5.41, 5.74) is 4.40. The quantitative estimate of drug-likeness (QED) is 0.901. The lowest BCUT2D eigenvalue weighted by Crippen LogP contribution is -2.46. The lowest BCUT2D eigenvalue weighted by Gasteiger charge is -2.34. The molecule has 0 bridgehead atoms. The highest BCUT2D eigenvalue weighted by Gasteiger charge is 2.28. The molecule has 1 saturated carbocycles. The fourth-order valence-electron chi connectivity index (χ4n) is 4.27. The molecule has 1 N–H and O–H groups in total. The van der Waals surface area contributed by atoms with Gasteiger partial charge in [0.15, 0.2) is 5.65 Å². The van der Waals surface area contributed by atoms with E-state index in [1.54, 1.807) is 0 Å². The Morgan fingerprint density at radius 3 is 2.67 bits per heavy atom. The standard InChI is InChI=1S/C21H29N5O/c1-14-15(2)24-20-19(23-14)11-18(12-22-20)26-10-6-7-16(13-26)21(27)25-17-8-4-3-5-9-17/h11-12,16-17H,3-10,13H2,1-2H3,(H,25,27)/t16-/m1/s1. The molecular formula is C21H29N5O. The van der Waals surface area contributed by atoms with Crippen molar-refractivity contribution >= 4 is 22.8 Å². The summed E-state index contributed by atoms with van der Waals surface area (Å²) < 4.78 is 0. The molecule has 1 aliphatic carbocycles. The minimum Gasteiger partial charge on any atom is -0.369 e. The summed E-state index contributed by atoms with van der Waals surface area (Å²) in [5.74, 6) is 0.286. The van der Waals surface area contributed by atoms with Gasteiger partial charge in [-0.1, -0.05) is 19.3 Å². The normalized spacial score (nSPS) is 21.4. The van der Waals surface area contributed by atoms with Gasteiger partial charge in [0.25, 0.3) is 0 Å². The number of piperidine rings is 1. The van der Waals surface area contributed by atoms with Crippen molar-refractivity contribution in [2.75, 3.05) is 18.0 Å². The van der Waals surface area contributed by atoms with Gasteiger partial charge in [-0.25, -0.2) is 15.0 Å². The van der Waals surface area contributed by atoms with Crippen molar-refractivity contribution in [3.63, 3.8) is 0 Å². The second-order valence-corrected chi connectivity index (χ2v) is 8.06. The predicted molar refractivity (Wildman–Crippen MR) is 107 cm³/mol. The Kier molecular flexibility index (Phi) is 5.23. The first-order valence-corrected chi connectivity index (χ1v) is 10.3. The Morgan fingerprint density at radius 2 is 1.85 bits per heavy atom. The van der Waals surface area contributed by atoms with E-state index in [2.05, 4.69) is 31.2 Å². The first-order valence-electron chi connectivity index (χ1n) is 10.3. The van der Waals surface area contributed by atoms with E-state index in [4.69, 9.17) is 0 Å². The first kappa shape index (κ1) is 18.1. The van der Waals surface area contributed by atoms with Crippen LogP contribution >= 0.6 is 0 Å². The van der Waals surface area contributed by atoms with Crippen LogP contribution in [-0.4, -0.2) is 40.0 Å². The van der Waals surface area contributed by atoms with E-state index < -0.39 is 0 Å². The summed E-state index contributed by atoms with van der Waals surface area (Å²) >= 11 is 0. The summed E-state index contributed by atoms with van der Waals surface area (Å²) in [4.78, 5) is 28.7. The maximum Gasteiger partial charge on any atom is 0.225 e. The molecule has 6 heteroatoms. The minimum atomic E-state index is 0.0576. The van der Waals surface area contributed by atoms with Gasteiger partial charge in [0.1, 0.15) is 5.52 Å². The number of nitrogens with zero attached hydrogens (tertiary/aromatic N) is 4. The molecular weight excluding hydrogens is 338 g/mol. The highest BCUT2D eigenvalue weighted by molar-refractivity contribution is 5.80. The van der Waals surface area contributed by atoms with E-state index in [0.29, 0.717) is 11.7 Å². The van der Waals surface area contributed by atoms with Crippen LogP contribution in [0.1, 0.15) is 56.3 Å². The van der Waals surface area contributed by atoms with Crippen LogP contribution < -0.4 is 10.2 Å². The highest BCUT2D eigenvalue weighted by atomic mass is 16.2. The zero-order chi connectivity index (χ0) is 18.8. The number of nitrogens with one attached hydrogen (secondary N) is 1. The lowest BCUT2D eigenvalue weighted by atomic mass is 9.93. The number of hydrogen-bond donors (Lipinski definition) is 1. The number of carbonyl (C=O) groups is 1. The Morgan fingerprint density at radius 1 is 1.07 bits per heavy atom. The molecule has 2 aliphatic rings. The van der Waals surface area contributed by atoms with Crippen LogP contribution in [0, 0.1) is 19.8 Å². The lowest BCUT2D eigenvalue weighted by molar-refractivity contribution is -0.126. The van der Waals surface area contributed by atoms with Gasteiger partial charge in [0, 0.05) is 19.1 Å². The third-order valence-corrected chi connectivity index (χ3v) is 6.03. The molecule has 1 aliphatic heterocycles. The Balaban J connectivity index is 1.46. The molecule has 0 unspecified atom stereocenters. The van der Waals surface area contributed by atoms with E-state index in [1.807, 2.05) is 20.0 Å². The molecule has 0 aromatic carbocycles. The molecule has 0 spiro atoms. The van der Waals surface area contributed by atoms with Crippen LogP contribution in [0.15, 0.2) is 12.3 Å². The van der Waals surface area contributed by atoms with Crippen molar-refractivity contribution in [2.24, 2.45) is 5.92 Å². The topological polar surface area (TPSA) is 71.0 Å². The fraction of sp³-hybridized carbons (Fsp3) is 0.619. The Labute approximate surface area is 160 Å². The zero-order valence-corrected chi connectivity index (χ0v) is 16.4. The number of aryl methyl sites for hydroxylation is 2. The van der Waals surface area contributed by atoms with Gasteiger partial charge >= 0.3 is 0 Å². The molecule has 1 atom stereocenters. The zero-order valence-electron chi connectivity index (χ0n) is 16.4. The number of carbonyl (C=O) groups excluding carboxylic acids is 1. The molecule has 2 aromatic rings. The van der Waals surface area contributed by atoms with Gasteiger partial charge in [-0.05, 0) is 45.6 Å². The van der Waals surface area contributed by atoms with Gasteiger partial charge in [-0.15, -0.1) is 0 Å².